The molecule has 0 aliphatic rings. The molecule has 0 bridgehead atoms. The van der Waals surface area contributed by atoms with Gasteiger partial charge in [-0.05, 0) is 49.7 Å². The van der Waals surface area contributed by atoms with Crippen molar-refractivity contribution in [1.82, 2.24) is 9.38 Å². The zero-order valence-electron chi connectivity index (χ0n) is 17.3. The van der Waals surface area contributed by atoms with E-state index in [1.807, 2.05) is 26.0 Å². The van der Waals surface area contributed by atoms with Crippen LogP contribution in [-0.4, -0.2) is 22.4 Å². The number of ether oxygens (including phenoxy) is 2. The fourth-order valence-corrected chi connectivity index (χ4v) is 3.96. The number of rotatable bonds is 6. The van der Waals surface area contributed by atoms with Gasteiger partial charge in [-0.15, -0.1) is 11.3 Å². The third-order valence-corrected chi connectivity index (χ3v) is 5.52. The molecule has 0 aliphatic heterocycles. The van der Waals surface area contributed by atoms with Crippen LogP contribution < -0.4 is 20.3 Å². The van der Waals surface area contributed by atoms with Crippen molar-refractivity contribution in [3.63, 3.8) is 0 Å². The number of thiazole rings is 1. The van der Waals surface area contributed by atoms with Gasteiger partial charge in [0, 0.05) is 22.7 Å². The first kappa shape index (κ1) is 20.6. The van der Waals surface area contributed by atoms with Crippen LogP contribution in [0.4, 0.5) is 5.69 Å². The number of aryl methyl sites for hydroxylation is 2. The summed E-state index contributed by atoms with van der Waals surface area (Å²) in [6, 6.07) is 13.9. The third-order valence-electron chi connectivity index (χ3n) is 4.63. The Morgan fingerprint density at radius 1 is 1.16 bits per heavy atom. The summed E-state index contributed by atoms with van der Waals surface area (Å²) in [5.74, 6) is 0.817. The maximum Gasteiger partial charge on any atom is 0.258 e. The van der Waals surface area contributed by atoms with Gasteiger partial charge >= 0.3 is 0 Å². The Bertz CT molecular complexity index is 1330. The predicted octanol–water partition coefficient (Wildman–Crippen LogP) is 4.21. The molecule has 0 atom stereocenters. The fraction of sp³-hybridized carbons (Fsp3) is 0.174. The molecule has 0 saturated heterocycles. The summed E-state index contributed by atoms with van der Waals surface area (Å²) < 4.78 is 12.6. The SMILES string of the molecule is COc1cccc(C(=O)Nc2cc(C)ccc2OCc2cc(=O)n3cc(C)sc3n2)c1. The lowest BCUT2D eigenvalue weighted by Gasteiger charge is -2.13. The van der Waals surface area contributed by atoms with Crippen LogP contribution in [-0.2, 0) is 6.61 Å². The van der Waals surface area contributed by atoms with Gasteiger partial charge in [0.2, 0.25) is 0 Å². The molecule has 0 aliphatic carbocycles. The normalized spacial score (nSPS) is 10.8. The minimum Gasteiger partial charge on any atom is -0.497 e. The Kier molecular flexibility index (Phi) is 5.73. The molecular weight excluding hydrogens is 414 g/mol. The van der Waals surface area contributed by atoms with E-state index >= 15 is 0 Å². The van der Waals surface area contributed by atoms with Crippen LogP contribution in [0, 0.1) is 13.8 Å². The molecule has 8 heteroatoms. The second-order valence-corrected chi connectivity index (χ2v) is 8.27. The van der Waals surface area contributed by atoms with Gasteiger partial charge < -0.3 is 14.8 Å². The highest BCUT2D eigenvalue weighted by atomic mass is 32.1. The van der Waals surface area contributed by atoms with Crippen LogP contribution in [0.15, 0.2) is 59.5 Å². The van der Waals surface area contributed by atoms with E-state index in [0.717, 1.165) is 10.4 Å². The summed E-state index contributed by atoms with van der Waals surface area (Å²) in [6.07, 6.45) is 1.77. The van der Waals surface area contributed by atoms with Crippen LogP contribution in [0.2, 0.25) is 0 Å². The zero-order chi connectivity index (χ0) is 22.0. The van der Waals surface area contributed by atoms with E-state index in [2.05, 4.69) is 10.3 Å². The molecule has 158 valence electrons. The molecule has 1 amide bonds. The molecule has 31 heavy (non-hydrogen) atoms. The van der Waals surface area contributed by atoms with Crippen LogP contribution in [0.3, 0.4) is 0 Å². The molecule has 2 heterocycles. The van der Waals surface area contributed by atoms with Gasteiger partial charge in [0.15, 0.2) is 4.96 Å². The van der Waals surface area contributed by atoms with Crippen LogP contribution >= 0.6 is 11.3 Å². The number of amides is 1. The molecule has 4 aromatic rings. The van der Waals surface area contributed by atoms with Crippen molar-refractivity contribution in [2.75, 3.05) is 12.4 Å². The molecule has 0 unspecified atom stereocenters. The van der Waals surface area contributed by atoms with Gasteiger partial charge in [-0.3, -0.25) is 14.0 Å². The van der Waals surface area contributed by atoms with Crippen molar-refractivity contribution >= 4 is 27.9 Å². The second kappa shape index (κ2) is 8.61. The summed E-state index contributed by atoms with van der Waals surface area (Å²) >= 11 is 1.45. The van der Waals surface area contributed by atoms with Gasteiger partial charge in [-0.1, -0.05) is 12.1 Å². The number of hydrogen-bond donors (Lipinski definition) is 1. The number of anilines is 1. The minimum absolute atomic E-state index is 0.105. The van der Waals surface area contributed by atoms with Crippen molar-refractivity contribution < 1.29 is 14.3 Å². The summed E-state index contributed by atoms with van der Waals surface area (Å²) in [4.78, 5) is 31.2. The van der Waals surface area contributed by atoms with E-state index in [0.29, 0.717) is 33.4 Å². The lowest BCUT2D eigenvalue weighted by atomic mass is 10.1. The van der Waals surface area contributed by atoms with Crippen molar-refractivity contribution in [1.29, 1.82) is 0 Å². The van der Waals surface area contributed by atoms with Crippen LogP contribution in [0.25, 0.3) is 4.96 Å². The van der Waals surface area contributed by atoms with Crippen molar-refractivity contribution in [2.24, 2.45) is 0 Å². The van der Waals surface area contributed by atoms with Crippen LogP contribution in [0.5, 0.6) is 11.5 Å². The summed E-state index contributed by atoms with van der Waals surface area (Å²) in [5.41, 5.74) is 2.36. The van der Waals surface area contributed by atoms with Gasteiger partial charge in [0.1, 0.15) is 18.1 Å². The number of benzene rings is 2. The Morgan fingerprint density at radius 3 is 2.81 bits per heavy atom. The van der Waals surface area contributed by atoms with Crippen molar-refractivity contribution in [3.8, 4) is 11.5 Å². The maximum atomic E-state index is 12.7. The molecule has 0 fully saturated rings. The van der Waals surface area contributed by atoms with Crippen molar-refractivity contribution in [3.05, 3.63) is 86.8 Å². The highest BCUT2D eigenvalue weighted by Crippen LogP contribution is 2.27. The van der Waals surface area contributed by atoms with E-state index < -0.39 is 0 Å². The highest BCUT2D eigenvalue weighted by Gasteiger charge is 2.13. The number of hydrogen-bond acceptors (Lipinski definition) is 6. The first-order valence-corrected chi connectivity index (χ1v) is 10.4. The minimum atomic E-state index is -0.277. The average Bonchev–Trinajstić information content (AvgIpc) is 3.14. The number of carbonyl (C=O) groups excluding carboxylic acids is 1. The zero-order valence-corrected chi connectivity index (χ0v) is 18.2. The molecular formula is C23H21N3O4S. The Morgan fingerprint density at radius 2 is 2.00 bits per heavy atom. The predicted molar refractivity (Wildman–Crippen MR) is 121 cm³/mol. The smallest absolute Gasteiger partial charge is 0.258 e. The van der Waals surface area contributed by atoms with E-state index in [1.165, 1.54) is 21.8 Å². The molecule has 0 saturated carbocycles. The average molecular weight is 436 g/mol. The van der Waals surface area contributed by atoms with E-state index in [4.69, 9.17) is 9.47 Å². The number of methoxy groups -OCH3 is 1. The van der Waals surface area contributed by atoms with Gasteiger partial charge in [0.05, 0.1) is 18.5 Å². The van der Waals surface area contributed by atoms with Gasteiger partial charge in [-0.2, -0.15) is 0 Å². The molecule has 0 radical (unpaired) electrons. The van der Waals surface area contributed by atoms with Crippen molar-refractivity contribution in [2.45, 2.75) is 20.5 Å². The summed E-state index contributed by atoms with van der Waals surface area (Å²) in [5, 5.41) is 2.90. The first-order chi connectivity index (χ1) is 14.9. The van der Waals surface area contributed by atoms with Gasteiger partial charge in [0.25, 0.3) is 11.5 Å². The highest BCUT2D eigenvalue weighted by molar-refractivity contribution is 7.16. The van der Waals surface area contributed by atoms with Crippen LogP contribution in [0.1, 0.15) is 26.5 Å². The third kappa shape index (κ3) is 4.59. The largest absolute Gasteiger partial charge is 0.497 e. The van der Waals surface area contributed by atoms with E-state index in [-0.39, 0.29) is 18.1 Å². The maximum absolute atomic E-state index is 12.7. The Hall–Kier alpha value is -3.65. The summed E-state index contributed by atoms with van der Waals surface area (Å²) in [6.45, 7) is 3.97. The topological polar surface area (TPSA) is 81.9 Å². The molecule has 4 rings (SSSR count). The standard InChI is InChI=1S/C23H21N3O4S/c1-14-7-8-20(19(9-14)25-22(28)16-5-4-6-18(10-16)29-3)30-13-17-11-21(27)26-12-15(2)31-23(26)24-17/h4-12H,13H2,1-3H3,(H,25,28). The number of nitrogens with zero attached hydrogens (tertiary/aromatic N) is 2. The summed E-state index contributed by atoms with van der Waals surface area (Å²) in [7, 11) is 1.55. The molecule has 7 nitrogen and oxygen atoms in total. The number of carbonyl (C=O) groups is 1. The number of nitrogens with one attached hydrogen (secondary N) is 1. The molecule has 2 aromatic carbocycles. The molecule has 0 spiro atoms. The number of aromatic nitrogens is 2. The lowest BCUT2D eigenvalue weighted by molar-refractivity contribution is 0.102. The molecule has 2 aromatic heterocycles. The number of fused-ring (bicyclic) bond motifs is 1. The molecule has 1 N–H and O–H groups in total. The first-order valence-electron chi connectivity index (χ1n) is 9.60. The lowest BCUT2D eigenvalue weighted by Crippen LogP contribution is -2.15. The second-order valence-electron chi connectivity index (χ2n) is 7.05. The monoisotopic (exact) mass is 435 g/mol. The Labute approximate surface area is 182 Å². The fourth-order valence-electron chi connectivity index (χ4n) is 3.11. The van der Waals surface area contributed by atoms with E-state index in [1.54, 1.807) is 43.6 Å². The Balaban J connectivity index is 1.55. The van der Waals surface area contributed by atoms with Gasteiger partial charge in [-0.25, -0.2) is 4.98 Å². The van der Waals surface area contributed by atoms with E-state index in [9.17, 15) is 9.59 Å². The quantitative estimate of drug-likeness (QED) is 0.491.